The van der Waals surface area contributed by atoms with E-state index in [1.807, 2.05) is 19.9 Å². The summed E-state index contributed by atoms with van der Waals surface area (Å²) < 4.78 is 31.1. The first-order valence-electron chi connectivity index (χ1n) is 10.8. The molecule has 0 saturated heterocycles. The van der Waals surface area contributed by atoms with E-state index >= 15 is 0 Å². The van der Waals surface area contributed by atoms with Crippen LogP contribution in [0.5, 0.6) is 5.75 Å². The molecule has 1 saturated carbocycles. The fourth-order valence-corrected chi connectivity index (χ4v) is 4.59. The molecule has 0 amide bonds. The Kier molecular flexibility index (Phi) is 6.04. The molecule has 2 aromatic heterocycles. The third-order valence-corrected chi connectivity index (χ3v) is 6.50. The monoisotopic (exact) mass is 439 g/mol. The van der Waals surface area contributed by atoms with Crippen LogP contribution in [0, 0.1) is 11.3 Å². The zero-order chi connectivity index (χ0) is 22.9. The van der Waals surface area contributed by atoms with Gasteiger partial charge in [-0.05, 0) is 36.0 Å². The number of nitrogens with zero attached hydrogens (tertiary/aromatic N) is 5. The molecule has 1 fully saturated rings. The Morgan fingerprint density at radius 3 is 2.75 bits per heavy atom. The summed E-state index contributed by atoms with van der Waals surface area (Å²) in [7, 11) is 0. The van der Waals surface area contributed by atoms with Gasteiger partial charge in [-0.15, -0.1) is 10.2 Å². The van der Waals surface area contributed by atoms with Gasteiger partial charge in [-0.3, -0.25) is 0 Å². The quantitative estimate of drug-likeness (QED) is 0.561. The van der Waals surface area contributed by atoms with Crippen LogP contribution in [0.2, 0.25) is 0 Å². The van der Waals surface area contributed by atoms with E-state index < -0.39 is 23.7 Å². The van der Waals surface area contributed by atoms with Crippen molar-refractivity contribution in [2.24, 2.45) is 11.3 Å². The highest BCUT2D eigenvalue weighted by atomic mass is 19.1. The number of rotatable bonds is 6. The summed E-state index contributed by atoms with van der Waals surface area (Å²) in [5.41, 5.74) is 1.46. The van der Waals surface area contributed by atoms with Crippen LogP contribution >= 0.6 is 0 Å². The molecule has 6 nitrogen and oxygen atoms in total. The summed E-state index contributed by atoms with van der Waals surface area (Å²) in [4.78, 5) is 8.31. The molecule has 4 atom stereocenters. The molecule has 0 radical (unpaired) electrons. The molecule has 2 heterocycles. The van der Waals surface area contributed by atoms with Gasteiger partial charge in [-0.1, -0.05) is 26.8 Å². The molecule has 0 spiro atoms. The summed E-state index contributed by atoms with van der Waals surface area (Å²) in [6.45, 7) is 7.94. The van der Waals surface area contributed by atoms with Crippen LogP contribution in [0.15, 0.2) is 49.7 Å². The van der Waals surface area contributed by atoms with Crippen molar-refractivity contribution < 1.29 is 13.9 Å². The molecule has 1 aliphatic rings. The van der Waals surface area contributed by atoms with Gasteiger partial charge < -0.3 is 9.67 Å². The van der Waals surface area contributed by atoms with E-state index in [2.05, 4.69) is 26.7 Å². The van der Waals surface area contributed by atoms with Crippen molar-refractivity contribution in [3.05, 3.63) is 55.4 Å². The SMILES string of the molecule is C=C(c1cnc(-c2ccc(-n3ccnc3)cc2O)nn1)[C@@H]1C[C@](C)(CCC)C(F)C[C@H]1F. The molecule has 1 N–H and O–H groups in total. The molecule has 4 rings (SSSR count). The average Bonchev–Trinajstić information content (AvgIpc) is 3.31. The number of benzene rings is 1. The van der Waals surface area contributed by atoms with Crippen LogP contribution in [-0.4, -0.2) is 42.2 Å². The smallest absolute Gasteiger partial charge is 0.185 e. The third-order valence-electron chi connectivity index (χ3n) is 6.50. The topological polar surface area (TPSA) is 76.7 Å². The van der Waals surface area contributed by atoms with E-state index in [1.54, 1.807) is 35.4 Å². The van der Waals surface area contributed by atoms with E-state index in [1.165, 1.54) is 6.20 Å². The molecule has 32 heavy (non-hydrogen) atoms. The number of halogens is 2. The summed E-state index contributed by atoms with van der Waals surface area (Å²) >= 11 is 0. The van der Waals surface area contributed by atoms with E-state index in [-0.39, 0.29) is 18.0 Å². The predicted molar refractivity (Wildman–Crippen MR) is 119 cm³/mol. The lowest BCUT2D eigenvalue weighted by Crippen LogP contribution is -2.42. The Hall–Kier alpha value is -3.16. The molecule has 8 heteroatoms. The van der Waals surface area contributed by atoms with Crippen molar-refractivity contribution in [2.75, 3.05) is 0 Å². The highest BCUT2D eigenvalue weighted by Gasteiger charge is 2.46. The molecule has 1 aliphatic carbocycles. The van der Waals surface area contributed by atoms with Crippen LogP contribution in [0.3, 0.4) is 0 Å². The molecular formula is C24H27F2N5O. The molecule has 168 valence electrons. The van der Waals surface area contributed by atoms with Gasteiger partial charge >= 0.3 is 0 Å². The van der Waals surface area contributed by atoms with Gasteiger partial charge in [-0.25, -0.2) is 18.7 Å². The summed E-state index contributed by atoms with van der Waals surface area (Å²) in [5.74, 6) is -0.273. The summed E-state index contributed by atoms with van der Waals surface area (Å²) in [6.07, 6.45) is 5.84. The van der Waals surface area contributed by atoms with Crippen LogP contribution < -0.4 is 0 Å². The highest BCUT2D eigenvalue weighted by molar-refractivity contribution is 5.67. The maximum Gasteiger partial charge on any atom is 0.185 e. The van der Waals surface area contributed by atoms with Crippen molar-refractivity contribution in [3.63, 3.8) is 0 Å². The minimum absolute atomic E-state index is 0.00463. The van der Waals surface area contributed by atoms with E-state index in [0.717, 1.165) is 12.1 Å². The van der Waals surface area contributed by atoms with Gasteiger partial charge in [0.15, 0.2) is 5.82 Å². The fraction of sp³-hybridized carbons (Fsp3) is 0.417. The van der Waals surface area contributed by atoms with Crippen molar-refractivity contribution in [2.45, 2.75) is 51.9 Å². The van der Waals surface area contributed by atoms with E-state index in [9.17, 15) is 13.9 Å². The normalized spacial score (nSPS) is 25.6. The average molecular weight is 440 g/mol. The molecule has 1 aromatic carbocycles. The Labute approximate surface area is 186 Å². The Morgan fingerprint density at radius 2 is 2.12 bits per heavy atom. The van der Waals surface area contributed by atoms with Gasteiger partial charge in [0.1, 0.15) is 23.8 Å². The molecule has 0 aliphatic heterocycles. The maximum absolute atomic E-state index is 14.8. The summed E-state index contributed by atoms with van der Waals surface area (Å²) in [5, 5.41) is 18.8. The number of alkyl halides is 2. The predicted octanol–water partition coefficient (Wildman–Crippen LogP) is 5.34. The van der Waals surface area contributed by atoms with Crippen molar-refractivity contribution in [1.29, 1.82) is 0 Å². The highest BCUT2D eigenvalue weighted by Crippen LogP contribution is 2.48. The van der Waals surface area contributed by atoms with Gasteiger partial charge in [0.05, 0.1) is 23.8 Å². The molecule has 0 bridgehead atoms. The van der Waals surface area contributed by atoms with Crippen molar-refractivity contribution >= 4 is 5.57 Å². The minimum Gasteiger partial charge on any atom is -0.507 e. The number of aromatic nitrogens is 5. The zero-order valence-corrected chi connectivity index (χ0v) is 18.2. The second-order valence-corrected chi connectivity index (χ2v) is 8.80. The van der Waals surface area contributed by atoms with Crippen LogP contribution in [-0.2, 0) is 0 Å². The number of hydrogen-bond donors (Lipinski definition) is 1. The standard InChI is InChI=1S/C24H27F2N5O/c1-4-7-24(3)12-18(19(25)11-22(24)26)15(2)20-13-28-23(30-29-20)17-6-5-16(10-21(17)32)31-9-8-27-14-31/h5-6,8-10,13-14,18-19,22,32H,2,4,7,11-12H2,1,3H3/t18-,19+,22?,24-/m0/s1. The van der Waals surface area contributed by atoms with Crippen molar-refractivity contribution in [3.8, 4) is 22.8 Å². The number of phenols is 1. The van der Waals surface area contributed by atoms with E-state index in [4.69, 9.17) is 0 Å². The first kappa shape index (κ1) is 22.0. The molecule has 3 aromatic rings. The molecule has 1 unspecified atom stereocenters. The van der Waals surface area contributed by atoms with Gasteiger partial charge in [-0.2, -0.15) is 0 Å². The minimum atomic E-state index is -1.32. The maximum atomic E-state index is 14.8. The summed E-state index contributed by atoms with van der Waals surface area (Å²) in [6, 6.07) is 5.10. The molecular weight excluding hydrogens is 412 g/mol. The number of hydrogen-bond acceptors (Lipinski definition) is 5. The van der Waals surface area contributed by atoms with Crippen LogP contribution in [0.1, 0.15) is 45.2 Å². The zero-order valence-electron chi connectivity index (χ0n) is 18.2. The van der Waals surface area contributed by atoms with Crippen molar-refractivity contribution in [1.82, 2.24) is 24.7 Å². The Balaban J connectivity index is 1.54. The lowest BCUT2D eigenvalue weighted by Gasteiger charge is -2.43. The van der Waals surface area contributed by atoms with Gasteiger partial charge in [0.25, 0.3) is 0 Å². The second-order valence-electron chi connectivity index (χ2n) is 8.80. The second kappa shape index (κ2) is 8.76. The Morgan fingerprint density at radius 1 is 1.31 bits per heavy atom. The third kappa shape index (κ3) is 4.13. The van der Waals surface area contributed by atoms with Gasteiger partial charge in [0, 0.05) is 30.8 Å². The number of aromatic hydroxyl groups is 1. The first-order chi connectivity index (χ1) is 15.3. The van der Waals surface area contributed by atoms with Gasteiger partial charge in [0.2, 0.25) is 0 Å². The number of phenolic OH excluding ortho intramolecular Hbond substituents is 1. The Bertz CT molecular complexity index is 1090. The van der Waals surface area contributed by atoms with Crippen LogP contribution in [0.4, 0.5) is 8.78 Å². The lowest BCUT2D eigenvalue weighted by molar-refractivity contribution is 0.00376. The van der Waals surface area contributed by atoms with Crippen LogP contribution in [0.25, 0.3) is 22.6 Å². The first-order valence-corrected chi connectivity index (χ1v) is 10.8. The number of allylic oxidation sites excluding steroid dienone is 1. The lowest BCUT2D eigenvalue weighted by atomic mass is 9.65. The fourth-order valence-electron chi connectivity index (χ4n) is 4.59. The van der Waals surface area contributed by atoms with E-state index in [0.29, 0.717) is 29.7 Å². The number of imidazole rings is 1. The largest absolute Gasteiger partial charge is 0.507 e.